The van der Waals surface area contributed by atoms with Crippen LogP contribution in [0.25, 0.3) is 0 Å². The van der Waals surface area contributed by atoms with Crippen LogP contribution in [0.3, 0.4) is 0 Å². The zero-order valence-electron chi connectivity index (χ0n) is 12.9. The number of hydrogen-bond acceptors (Lipinski definition) is 2. The van der Waals surface area contributed by atoms with E-state index in [1.54, 1.807) is 6.42 Å². The van der Waals surface area contributed by atoms with Gasteiger partial charge in [-0.3, -0.25) is 0 Å². The monoisotopic (exact) mass is 264 g/mol. The van der Waals surface area contributed by atoms with E-state index in [1.165, 1.54) is 58.3 Å². The Hall–Kier alpha value is -0.0800. The van der Waals surface area contributed by atoms with Crippen molar-refractivity contribution in [3.05, 3.63) is 0 Å². The van der Waals surface area contributed by atoms with Crippen LogP contribution in [0.5, 0.6) is 0 Å². The highest BCUT2D eigenvalue weighted by Gasteiger charge is 2.39. The van der Waals surface area contributed by atoms with Crippen LogP contribution in [-0.2, 0) is 0 Å². The van der Waals surface area contributed by atoms with Gasteiger partial charge in [0.05, 0.1) is 0 Å². The molecule has 3 rings (SSSR count). The summed E-state index contributed by atoms with van der Waals surface area (Å²) < 4.78 is 0. The number of piperidine rings is 1. The molecular weight excluding hydrogens is 232 g/mol. The Bertz CT molecular complexity index is 281. The quantitative estimate of drug-likeness (QED) is 0.821. The van der Waals surface area contributed by atoms with E-state index in [4.69, 9.17) is 0 Å². The minimum Gasteiger partial charge on any atom is -0.314 e. The highest BCUT2D eigenvalue weighted by molar-refractivity contribution is 4.91. The third-order valence-electron chi connectivity index (χ3n) is 5.76. The summed E-state index contributed by atoms with van der Waals surface area (Å²) in [5, 5.41) is 3.90. The minimum atomic E-state index is 0.808. The van der Waals surface area contributed by atoms with Gasteiger partial charge in [-0.25, -0.2) is 0 Å². The van der Waals surface area contributed by atoms with E-state index in [-0.39, 0.29) is 0 Å². The average molecular weight is 264 g/mol. The van der Waals surface area contributed by atoms with Gasteiger partial charge >= 0.3 is 0 Å². The third kappa shape index (κ3) is 3.52. The summed E-state index contributed by atoms with van der Waals surface area (Å²) in [6.45, 7) is 9.90. The molecule has 0 aromatic rings. The molecule has 0 amide bonds. The van der Waals surface area contributed by atoms with Crippen molar-refractivity contribution >= 4 is 0 Å². The molecule has 0 aromatic carbocycles. The summed E-state index contributed by atoms with van der Waals surface area (Å²) in [7, 11) is 0. The van der Waals surface area contributed by atoms with Crippen molar-refractivity contribution in [2.24, 2.45) is 23.7 Å². The molecular formula is C17H32N2. The first-order valence-corrected chi connectivity index (χ1v) is 8.66. The van der Waals surface area contributed by atoms with Gasteiger partial charge in [0.1, 0.15) is 0 Å². The highest BCUT2D eigenvalue weighted by atomic mass is 15.1. The fourth-order valence-electron chi connectivity index (χ4n) is 4.78. The minimum absolute atomic E-state index is 0.808. The summed E-state index contributed by atoms with van der Waals surface area (Å²) in [5.41, 5.74) is 0. The van der Waals surface area contributed by atoms with Crippen molar-refractivity contribution in [3.8, 4) is 0 Å². The van der Waals surface area contributed by atoms with Gasteiger partial charge in [0.25, 0.3) is 0 Å². The Morgan fingerprint density at radius 1 is 1.05 bits per heavy atom. The lowest BCUT2D eigenvalue weighted by Gasteiger charge is -2.34. The van der Waals surface area contributed by atoms with Crippen molar-refractivity contribution in [1.29, 1.82) is 0 Å². The normalized spacial score (nSPS) is 36.5. The number of nitrogens with one attached hydrogen (secondary N) is 1. The maximum absolute atomic E-state index is 3.90. The Kier molecular flexibility index (Phi) is 4.48. The first kappa shape index (κ1) is 13.9. The molecule has 1 saturated heterocycles. The second kappa shape index (κ2) is 6.13. The standard InChI is InChI=1S/C17H32N2/c1-13(2)12-19-7-5-17(6-8-19)18-11-16-10-14-3-4-15(16)9-14/h13-18H,3-12H2,1-2H3. The van der Waals surface area contributed by atoms with Gasteiger partial charge in [0, 0.05) is 12.6 Å². The molecule has 1 aliphatic heterocycles. The van der Waals surface area contributed by atoms with E-state index in [9.17, 15) is 0 Å². The van der Waals surface area contributed by atoms with Gasteiger partial charge in [-0.2, -0.15) is 0 Å². The van der Waals surface area contributed by atoms with E-state index < -0.39 is 0 Å². The lowest BCUT2D eigenvalue weighted by Crippen LogP contribution is -2.45. The lowest BCUT2D eigenvalue weighted by molar-refractivity contribution is 0.174. The predicted octanol–water partition coefficient (Wildman–Crippen LogP) is 3.13. The third-order valence-corrected chi connectivity index (χ3v) is 5.76. The lowest BCUT2D eigenvalue weighted by atomic mass is 9.88. The molecule has 3 atom stereocenters. The van der Waals surface area contributed by atoms with Gasteiger partial charge < -0.3 is 10.2 Å². The van der Waals surface area contributed by atoms with Gasteiger partial charge in [0.15, 0.2) is 0 Å². The SMILES string of the molecule is CC(C)CN1CCC(NCC2CC3CCC2C3)CC1. The number of hydrogen-bond donors (Lipinski definition) is 1. The molecule has 1 heterocycles. The zero-order chi connectivity index (χ0) is 13.2. The van der Waals surface area contributed by atoms with E-state index in [2.05, 4.69) is 24.1 Å². The highest BCUT2D eigenvalue weighted by Crippen LogP contribution is 2.47. The predicted molar refractivity (Wildman–Crippen MR) is 81.2 cm³/mol. The van der Waals surface area contributed by atoms with Gasteiger partial charge in [-0.1, -0.05) is 20.3 Å². The second-order valence-corrected chi connectivity index (χ2v) is 7.81. The molecule has 19 heavy (non-hydrogen) atoms. The van der Waals surface area contributed by atoms with Gasteiger partial charge in [0.2, 0.25) is 0 Å². The largest absolute Gasteiger partial charge is 0.314 e. The van der Waals surface area contributed by atoms with Crippen LogP contribution in [0.1, 0.15) is 52.4 Å². The maximum Gasteiger partial charge on any atom is 0.00915 e. The molecule has 0 spiro atoms. The van der Waals surface area contributed by atoms with Crippen LogP contribution in [0.4, 0.5) is 0 Å². The summed E-state index contributed by atoms with van der Waals surface area (Å²) in [5.74, 6) is 4.02. The number of fused-ring (bicyclic) bond motifs is 2. The van der Waals surface area contributed by atoms with Crippen molar-refractivity contribution in [2.75, 3.05) is 26.2 Å². The van der Waals surface area contributed by atoms with Crippen molar-refractivity contribution < 1.29 is 0 Å². The summed E-state index contributed by atoms with van der Waals surface area (Å²) in [6, 6.07) is 0.808. The Balaban J connectivity index is 1.34. The Morgan fingerprint density at radius 2 is 1.84 bits per heavy atom. The topological polar surface area (TPSA) is 15.3 Å². The number of nitrogens with zero attached hydrogens (tertiary/aromatic N) is 1. The van der Waals surface area contributed by atoms with Crippen molar-refractivity contribution in [2.45, 2.75) is 58.4 Å². The maximum atomic E-state index is 3.90. The summed E-state index contributed by atoms with van der Waals surface area (Å²) in [6.07, 6.45) is 8.89. The van der Waals surface area contributed by atoms with Crippen LogP contribution in [0.2, 0.25) is 0 Å². The molecule has 110 valence electrons. The first-order valence-electron chi connectivity index (χ1n) is 8.66. The fraction of sp³-hybridized carbons (Fsp3) is 1.00. The van der Waals surface area contributed by atoms with E-state index in [0.29, 0.717) is 0 Å². The molecule has 3 aliphatic rings. The molecule has 2 nitrogen and oxygen atoms in total. The molecule has 0 aromatic heterocycles. The van der Waals surface area contributed by atoms with Crippen LogP contribution < -0.4 is 5.32 Å². The first-order chi connectivity index (χ1) is 9.20. The Morgan fingerprint density at radius 3 is 2.42 bits per heavy atom. The fourth-order valence-corrected chi connectivity index (χ4v) is 4.78. The Labute approximate surface area is 119 Å². The summed E-state index contributed by atoms with van der Waals surface area (Å²) in [4.78, 5) is 2.65. The molecule has 2 heteroatoms. The average Bonchev–Trinajstić information content (AvgIpc) is 2.99. The molecule has 2 aliphatic carbocycles. The molecule has 2 bridgehead atoms. The van der Waals surface area contributed by atoms with Gasteiger partial charge in [-0.15, -0.1) is 0 Å². The van der Waals surface area contributed by atoms with Crippen LogP contribution >= 0.6 is 0 Å². The summed E-state index contributed by atoms with van der Waals surface area (Å²) >= 11 is 0. The van der Waals surface area contributed by atoms with Crippen LogP contribution in [0.15, 0.2) is 0 Å². The van der Waals surface area contributed by atoms with E-state index in [1.807, 2.05) is 0 Å². The number of likely N-dealkylation sites (tertiary alicyclic amines) is 1. The molecule has 1 N–H and O–H groups in total. The van der Waals surface area contributed by atoms with Crippen LogP contribution in [0, 0.1) is 23.7 Å². The van der Waals surface area contributed by atoms with E-state index >= 15 is 0 Å². The molecule has 3 unspecified atom stereocenters. The molecule has 3 fully saturated rings. The zero-order valence-corrected chi connectivity index (χ0v) is 12.9. The van der Waals surface area contributed by atoms with Gasteiger partial charge in [-0.05, 0) is 75.4 Å². The van der Waals surface area contributed by atoms with Crippen molar-refractivity contribution in [1.82, 2.24) is 10.2 Å². The van der Waals surface area contributed by atoms with Crippen molar-refractivity contribution in [3.63, 3.8) is 0 Å². The molecule has 0 radical (unpaired) electrons. The van der Waals surface area contributed by atoms with Crippen LogP contribution in [-0.4, -0.2) is 37.1 Å². The smallest absolute Gasteiger partial charge is 0.00915 e. The van der Waals surface area contributed by atoms with E-state index in [0.717, 1.165) is 29.7 Å². The molecule has 2 saturated carbocycles. The number of rotatable bonds is 5. The second-order valence-electron chi connectivity index (χ2n) is 7.81.